The zero-order valence-corrected chi connectivity index (χ0v) is 11.3. The molecule has 1 aliphatic carbocycles. The van der Waals surface area contributed by atoms with Gasteiger partial charge in [-0.15, -0.1) is 0 Å². The Morgan fingerprint density at radius 1 is 1.35 bits per heavy atom. The van der Waals surface area contributed by atoms with Crippen LogP contribution in [0.3, 0.4) is 0 Å². The number of carbonyl (C=O) groups is 1. The van der Waals surface area contributed by atoms with Crippen LogP contribution in [0.1, 0.15) is 48.6 Å². The molecule has 1 aromatic carbocycles. The van der Waals surface area contributed by atoms with Crippen molar-refractivity contribution in [3.05, 3.63) is 47.6 Å². The van der Waals surface area contributed by atoms with Gasteiger partial charge in [-0.2, -0.15) is 4.98 Å². The molecule has 1 heterocycles. The van der Waals surface area contributed by atoms with Gasteiger partial charge in [-0.1, -0.05) is 35.5 Å². The zero-order chi connectivity index (χ0) is 13.9. The molecule has 2 atom stereocenters. The van der Waals surface area contributed by atoms with E-state index in [4.69, 9.17) is 9.26 Å². The molecular weight excluding hydrogens is 256 g/mol. The van der Waals surface area contributed by atoms with Gasteiger partial charge in [-0.25, -0.2) is 0 Å². The molecule has 1 aliphatic rings. The molecule has 0 N–H and O–H groups in total. The quantitative estimate of drug-likeness (QED) is 0.856. The molecule has 2 unspecified atom stereocenters. The van der Waals surface area contributed by atoms with Crippen LogP contribution in [0, 0.1) is 0 Å². The molecule has 0 amide bonds. The summed E-state index contributed by atoms with van der Waals surface area (Å²) in [6, 6.07) is 9.70. The van der Waals surface area contributed by atoms with E-state index in [-0.39, 0.29) is 17.8 Å². The molecule has 1 fully saturated rings. The molecule has 3 rings (SSSR count). The highest BCUT2D eigenvalue weighted by Crippen LogP contribution is 2.31. The van der Waals surface area contributed by atoms with Gasteiger partial charge in [-0.05, 0) is 18.4 Å². The normalized spacial score (nSPS) is 20.2. The van der Waals surface area contributed by atoms with E-state index in [1.807, 2.05) is 30.3 Å². The van der Waals surface area contributed by atoms with Crippen LogP contribution < -0.4 is 0 Å². The monoisotopic (exact) mass is 272 g/mol. The van der Waals surface area contributed by atoms with Gasteiger partial charge in [-0.3, -0.25) is 4.79 Å². The highest BCUT2D eigenvalue weighted by molar-refractivity contribution is 5.86. The minimum Gasteiger partial charge on any atom is -0.369 e. The third kappa shape index (κ3) is 2.36. The van der Waals surface area contributed by atoms with Gasteiger partial charge in [0.15, 0.2) is 0 Å². The minimum absolute atomic E-state index is 0.189. The lowest BCUT2D eigenvalue weighted by molar-refractivity contribution is -0.119. The molecule has 104 valence electrons. The number of hydrogen-bond acceptors (Lipinski definition) is 5. The Morgan fingerprint density at radius 3 is 2.80 bits per heavy atom. The maximum absolute atomic E-state index is 11.7. The molecule has 20 heavy (non-hydrogen) atoms. The van der Waals surface area contributed by atoms with E-state index in [0.29, 0.717) is 18.1 Å². The van der Waals surface area contributed by atoms with Gasteiger partial charge in [0.05, 0.1) is 5.92 Å². The second-order valence-corrected chi connectivity index (χ2v) is 4.93. The first-order valence-corrected chi connectivity index (χ1v) is 6.73. The molecule has 2 aromatic rings. The predicted molar refractivity (Wildman–Crippen MR) is 71.2 cm³/mol. The number of methoxy groups -OCH3 is 1. The molecule has 0 aliphatic heterocycles. The number of nitrogens with zero attached hydrogens (tertiary/aromatic N) is 2. The molecule has 0 bridgehead atoms. The van der Waals surface area contributed by atoms with Crippen molar-refractivity contribution in [1.82, 2.24) is 10.1 Å². The van der Waals surface area contributed by atoms with Crippen LogP contribution in [0.4, 0.5) is 0 Å². The maximum Gasteiger partial charge on any atom is 0.237 e. The van der Waals surface area contributed by atoms with E-state index in [1.54, 1.807) is 7.11 Å². The number of benzene rings is 1. The first-order valence-electron chi connectivity index (χ1n) is 6.73. The van der Waals surface area contributed by atoms with E-state index >= 15 is 0 Å². The standard InChI is InChI=1S/C15H16N2O3/c1-19-13(10-6-3-2-4-7-10)14-16-15(20-17-14)11-8-5-9-12(11)18/h2-4,6-7,11,13H,5,8-9H2,1H3. The highest BCUT2D eigenvalue weighted by Gasteiger charge is 2.32. The van der Waals surface area contributed by atoms with E-state index in [2.05, 4.69) is 10.1 Å². The largest absolute Gasteiger partial charge is 0.369 e. The molecule has 5 heteroatoms. The second-order valence-electron chi connectivity index (χ2n) is 4.93. The number of rotatable bonds is 4. The molecule has 5 nitrogen and oxygen atoms in total. The van der Waals surface area contributed by atoms with E-state index in [1.165, 1.54) is 0 Å². The third-order valence-corrected chi connectivity index (χ3v) is 3.63. The van der Waals surface area contributed by atoms with Gasteiger partial charge in [0, 0.05) is 13.5 Å². The highest BCUT2D eigenvalue weighted by atomic mass is 16.5. The van der Waals surface area contributed by atoms with E-state index in [9.17, 15) is 4.79 Å². The van der Waals surface area contributed by atoms with Crippen molar-refractivity contribution >= 4 is 5.78 Å². The Labute approximate surface area is 116 Å². The van der Waals surface area contributed by atoms with Crippen molar-refractivity contribution in [1.29, 1.82) is 0 Å². The summed E-state index contributed by atoms with van der Waals surface area (Å²) in [5.41, 5.74) is 0.958. The average molecular weight is 272 g/mol. The number of hydrogen-bond donors (Lipinski definition) is 0. The summed E-state index contributed by atoms with van der Waals surface area (Å²) in [6.07, 6.45) is 1.93. The van der Waals surface area contributed by atoms with Crippen molar-refractivity contribution in [2.45, 2.75) is 31.3 Å². The topological polar surface area (TPSA) is 65.2 Å². The van der Waals surface area contributed by atoms with Gasteiger partial charge in [0.2, 0.25) is 11.7 Å². The average Bonchev–Trinajstić information content (AvgIpc) is 3.10. The first kappa shape index (κ1) is 13.0. The van der Waals surface area contributed by atoms with Crippen LogP contribution in [0.25, 0.3) is 0 Å². The lowest BCUT2D eigenvalue weighted by Gasteiger charge is -2.10. The van der Waals surface area contributed by atoms with E-state index in [0.717, 1.165) is 18.4 Å². The number of aromatic nitrogens is 2. The fourth-order valence-electron chi connectivity index (χ4n) is 2.59. The van der Waals surface area contributed by atoms with Crippen molar-refractivity contribution in [2.75, 3.05) is 7.11 Å². The molecule has 1 aromatic heterocycles. The Morgan fingerprint density at radius 2 is 2.15 bits per heavy atom. The van der Waals surface area contributed by atoms with Crippen LogP contribution in [0.15, 0.2) is 34.9 Å². The summed E-state index contributed by atoms with van der Waals surface area (Å²) >= 11 is 0. The summed E-state index contributed by atoms with van der Waals surface area (Å²) in [4.78, 5) is 16.1. The fourth-order valence-corrected chi connectivity index (χ4v) is 2.59. The molecular formula is C15H16N2O3. The lowest BCUT2D eigenvalue weighted by atomic mass is 10.1. The van der Waals surface area contributed by atoms with Gasteiger partial charge in [0.1, 0.15) is 11.9 Å². The number of Topliss-reactive ketones (excluding diaryl/α,β-unsaturated/α-hetero) is 1. The summed E-state index contributed by atoms with van der Waals surface area (Å²) in [5.74, 6) is 0.840. The van der Waals surface area contributed by atoms with Gasteiger partial charge < -0.3 is 9.26 Å². The number of ether oxygens (including phenoxy) is 1. The Hall–Kier alpha value is -2.01. The third-order valence-electron chi connectivity index (χ3n) is 3.63. The van der Waals surface area contributed by atoms with Crippen molar-refractivity contribution < 1.29 is 14.1 Å². The van der Waals surface area contributed by atoms with Crippen LogP contribution in [-0.4, -0.2) is 23.0 Å². The van der Waals surface area contributed by atoms with E-state index < -0.39 is 0 Å². The summed E-state index contributed by atoms with van der Waals surface area (Å²) in [5, 5.41) is 3.98. The van der Waals surface area contributed by atoms with Gasteiger partial charge in [0.25, 0.3) is 0 Å². The van der Waals surface area contributed by atoms with Crippen LogP contribution in [-0.2, 0) is 9.53 Å². The lowest BCUT2D eigenvalue weighted by Crippen LogP contribution is -2.07. The Kier molecular flexibility index (Phi) is 3.60. The predicted octanol–water partition coefficient (Wildman–Crippen LogP) is 2.64. The summed E-state index contributed by atoms with van der Waals surface area (Å²) < 4.78 is 10.7. The van der Waals surface area contributed by atoms with Crippen LogP contribution in [0.5, 0.6) is 0 Å². The molecule has 0 spiro atoms. The van der Waals surface area contributed by atoms with Crippen molar-refractivity contribution in [3.8, 4) is 0 Å². The second kappa shape index (κ2) is 5.54. The first-order chi connectivity index (χ1) is 9.79. The minimum atomic E-state index is -0.370. The Bertz CT molecular complexity index is 594. The summed E-state index contributed by atoms with van der Waals surface area (Å²) in [6.45, 7) is 0. The SMILES string of the molecule is COC(c1ccccc1)c1noc(C2CCCC2=O)n1. The maximum atomic E-state index is 11.7. The Balaban J connectivity index is 1.87. The van der Waals surface area contributed by atoms with Gasteiger partial charge >= 0.3 is 0 Å². The van der Waals surface area contributed by atoms with Crippen LogP contribution in [0.2, 0.25) is 0 Å². The van der Waals surface area contributed by atoms with Crippen molar-refractivity contribution in [2.24, 2.45) is 0 Å². The smallest absolute Gasteiger partial charge is 0.237 e. The zero-order valence-electron chi connectivity index (χ0n) is 11.3. The number of ketones is 1. The van der Waals surface area contributed by atoms with Crippen molar-refractivity contribution in [3.63, 3.8) is 0 Å². The van der Waals surface area contributed by atoms with Crippen LogP contribution >= 0.6 is 0 Å². The molecule has 0 saturated heterocycles. The summed E-state index contributed by atoms with van der Waals surface area (Å²) in [7, 11) is 1.61. The molecule has 1 saturated carbocycles. The number of carbonyl (C=O) groups excluding carboxylic acids is 1. The molecule has 0 radical (unpaired) electrons. The fraction of sp³-hybridized carbons (Fsp3) is 0.400.